The summed E-state index contributed by atoms with van der Waals surface area (Å²) in [4.78, 5) is 28.6. The molecule has 3 aromatic rings. The van der Waals surface area contributed by atoms with Gasteiger partial charge < -0.3 is 10.2 Å². The first-order chi connectivity index (χ1) is 18.0. The minimum Gasteiger partial charge on any atom is -0.355 e. The van der Waals surface area contributed by atoms with Gasteiger partial charge in [0.05, 0.1) is 27.0 Å². The molecule has 3 aromatic carbocycles. The molecule has 0 fully saturated rings. The van der Waals surface area contributed by atoms with E-state index in [0.29, 0.717) is 22.2 Å². The largest absolute Gasteiger partial charge is 0.355 e. The fraction of sp³-hybridized carbons (Fsp3) is 0.259. The number of likely N-dealkylation sites (N-methyl/N-ethyl adjacent to an activating group) is 1. The van der Waals surface area contributed by atoms with Gasteiger partial charge in [-0.15, -0.1) is 0 Å². The van der Waals surface area contributed by atoms with Crippen molar-refractivity contribution in [2.45, 2.75) is 25.9 Å². The molecule has 0 radical (unpaired) electrons. The summed E-state index contributed by atoms with van der Waals surface area (Å²) >= 11 is 18.6. The van der Waals surface area contributed by atoms with Crippen LogP contribution in [0.1, 0.15) is 18.1 Å². The third-order valence-electron chi connectivity index (χ3n) is 5.76. The number of benzene rings is 3. The number of nitrogens with zero attached hydrogens (tertiary/aromatic N) is 2. The molecule has 11 heteroatoms. The Bertz CT molecular complexity index is 1390. The summed E-state index contributed by atoms with van der Waals surface area (Å²) < 4.78 is 26.5. The lowest BCUT2D eigenvalue weighted by atomic mass is 10.0. The van der Waals surface area contributed by atoms with E-state index in [1.54, 1.807) is 43.3 Å². The number of anilines is 1. The number of rotatable bonds is 11. The second-order valence-corrected chi connectivity index (χ2v) is 11.7. The summed E-state index contributed by atoms with van der Waals surface area (Å²) in [6, 6.07) is 19.6. The Labute approximate surface area is 238 Å². The van der Waals surface area contributed by atoms with Crippen molar-refractivity contribution in [2.24, 2.45) is 0 Å². The van der Waals surface area contributed by atoms with Crippen molar-refractivity contribution < 1.29 is 18.0 Å². The summed E-state index contributed by atoms with van der Waals surface area (Å²) in [5.41, 5.74) is 1.62. The van der Waals surface area contributed by atoms with Crippen molar-refractivity contribution in [2.75, 3.05) is 23.7 Å². The minimum atomic E-state index is -3.91. The van der Waals surface area contributed by atoms with Crippen molar-refractivity contribution in [3.63, 3.8) is 0 Å². The van der Waals surface area contributed by atoms with E-state index in [9.17, 15) is 18.0 Å². The van der Waals surface area contributed by atoms with Crippen LogP contribution in [0.25, 0.3) is 0 Å². The van der Waals surface area contributed by atoms with Crippen molar-refractivity contribution in [1.82, 2.24) is 10.2 Å². The van der Waals surface area contributed by atoms with Gasteiger partial charge in [-0.2, -0.15) is 0 Å². The van der Waals surface area contributed by atoms with Crippen molar-refractivity contribution in [1.29, 1.82) is 0 Å². The monoisotopic (exact) mass is 595 g/mol. The van der Waals surface area contributed by atoms with Crippen LogP contribution in [-0.2, 0) is 32.6 Å². The normalized spacial score (nSPS) is 12.0. The number of carbonyl (C=O) groups is 2. The first-order valence-corrected chi connectivity index (χ1v) is 14.8. The van der Waals surface area contributed by atoms with Crippen LogP contribution >= 0.6 is 34.8 Å². The van der Waals surface area contributed by atoms with Crippen LogP contribution in [0.2, 0.25) is 15.1 Å². The summed E-state index contributed by atoms with van der Waals surface area (Å²) in [5.74, 6) is -0.956. The molecule has 1 atom stereocenters. The van der Waals surface area contributed by atoms with E-state index in [0.717, 1.165) is 16.1 Å². The number of carbonyl (C=O) groups excluding carboxylic acids is 2. The molecule has 0 unspecified atom stereocenters. The van der Waals surface area contributed by atoms with Crippen molar-refractivity contribution in [3.8, 4) is 0 Å². The topological polar surface area (TPSA) is 86.8 Å². The lowest BCUT2D eigenvalue weighted by Crippen LogP contribution is -2.53. The highest BCUT2D eigenvalue weighted by atomic mass is 35.5. The summed E-state index contributed by atoms with van der Waals surface area (Å²) in [6.07, 6.45) is 1.21. The van der Waals surface area contributed by atoms with Gasteiger partial charge in [0.15, 0.2) is 0 Å². The number of halogens is 3. The molecule has 7 nitrogen and oxygen atoms in total. The predicted molar refractivity (Wildman–Crippen MR) is 153 cm³/mol. The van der Waals surface area contributed by atoms with Gasteiger partial charge in [0.1, 0.15) is 12.6 Å². The Morgan fingerprint density at radius 2 is 1.53 bits per heavy atom. The maximum absolute atomic E-state index is 13.9. The summed E-state index contributed by atoms with van der Waals surface area (Å²) in [7, 11) is -3.91. The zero-order chi connectivity index (χ0) is 27.9. The van der Waals surface area contributed by atoms with E-state index < -0.39 is 28.5 Å². The van der Waals surface area contributed by atoms with Gasteiger partial charge in [0.2, 0.25) is 21.8 Å². The first kappa shape index (κ1) is 29.8. The van der Waals surface area contributed by atoms with Gasteiger partial charge in [0.25, 0.3) is 0 Å². The number of hydrogen-bond donors (Lipinski definition) is 1. The molecule has 2 amide bonds. The quantitative estimate of drug-likeness (QED) is 0.330. The fourth-order valence-electron chi connectivity index (χ4n) is 3.93. The van der Waals surface area contributed by atoms with Gasteiger partial charge in [-0.1, -0.05) is 83.3 Å². The third kappa shape index (κ3) is 7.86. The molecule has 0 aliphatic heterocycles. The van der Waals surface area contributed by atoms with E-state index >= 15 is 0 Å². The molecule has 0 aromatic heterocycles. The molecule has 3 rings (SSSR count). The zero-order valence-corrected chi connectivity index (χ0v) is 24.0. The number of hydrogen-bond acceptors (Lipinski definition) is 4. The third-order valence-corrected chi connectivity index (χ3v) is 7.94. The highest BCUT2D eigenvalue weighted by Gasteiger charge is 2.33. The number of amides is 2. The van der Waals surface area contributed by atoms with Crippen LogP contribution in [0.15, 0.2) is 72.8 Å². The van der Waals surface area contributed by atoms with E-state index in [2.05, 4.69) is 5.32 Å². The predicted octanol–water partition coefficient (Wildman–Crippen LogP) is 5.19. The second kappa shape index (κ2) is 13.3. The molecule has 0 saturated heterocycles. The molecular formula is C27H28Cl3N3O4S. The highest BCUT2D eigenvalue weighted by Crippen LogP contribution is 2.28. The smallest absolute Gasteiger partial charge is 0.244 e. The van der Waals surface area contributed by atoms with Crippen molar-refractivity contribution >= 4 is 62.3 Å². The molecule has 0 heterocycles. The molecular weight excluding hydrogens is 569 g/mol. The van der Waals surface area contributed by atoms with Gasteiger partial charge in [-0.3, -0.25) is 13.9 Å². The molecule has 1 N–H and O–H groups in total. The molecule has 0 bridgehead atoms. The number of sulfonamides is 1. The van der Waals surface area contributed by atoms with E-state index in [4.69, 9.17) is 34.8 Å². The van der Waals surface area contributed by atoms with Gasteiger partial charge in [-0.25, -0.2) is 8.42 Å². The van der Waals surface area contributed by atoms with Crippen LogP contribution < -0.4 is 9.62 Å². The van der Waals surface area contributed by atoms with Gasteiger partial charge in [-0.05, 0) is 42.3 Å². The Balaban J connectivity index is 2.07. The maximum atomic E-state index is 13.9. The first-order valence-electron chi connectivity index (χ1n) is 11.8. The van der Waals surface area contributed by atoms with Crippen LogP contribution in [0.4, 0.5) is 5.69 Å². The van der Waals surface area contributed by atoms with Gasteiger partial charge in [0, 0.05) is 19.5 Å². The minimum absolute atomic E-state index is 0.00944. The highest BCUT2D eigenvalue weighted by molar-refractivity contribution is 7.92. The molecule has 0 saturated carbocycles. The van der Waals surface area contributed by atoms with Gasteiger partial charge >= 0.3 is 0 Å². The van der Waals surface area contributed by atoms with E-state index in [-0.39, 0.29) is 29.6 Å². The lowest BCUT2D eigenvalue weighted by Gasteiger charge is -2.33. The molecule has 0 aliphatic rings. The van der Waals surface area contributed by atoms with Crippen LogP contribution in [-0.4, -0.2) is 50.5 Å². The Kier molecular flexibility index (Phi) is 10.4. The fourth-order valence-corrected chi connectivity index (χ4v) is 5.40. The summed E-state index contributed by atoms with van der Waals surface area (Å²) in [5, 5.41) is 3.61. The van der Waals surface area contributed by atoms with E-state index in [1.165, 1.54) is 11.0 Å². The zero-order valence-electron chi connectivity index (χ0n) is 20.9. The van der Waals surface area contributed by atoms with Crippen LogP contribution in [0, 0.1) is 0 Å². The standard InChI is InChI=1S/C27H28Cl3N3O4S/c1-3-31-27(35)25(16-19-9-5-4-6-10-19)32(17-20-13-14-21(28)23(30)15-20)26(34)18-33(38(2,36)37)24-12-8-7-11-22(24)29/h4-15,25H,3,16-18H2,1-2H3,(H,31,35)/t25-/m0/s1. The average Bonchev–Trinajstić information content (AvgIpc) is 2.87. The maximum Gasteiger partial charge on any atom is 0.244 e. The number of nitrogens with one attached hydrogen (secondary N) is 1. The van der Waals surface area contributed by atoms with Crippen LogP contribution in [0.5, 0.6) is 0 Å². The lowest BCUT2D eigenvalue weighted by molar-refractivity contribution is -0.140. The SMILES string of the molecule is CCNC(=O)[C@H](Cc1ccccc1)N(Cc1ccc(Cl)c(Cl)c1)C(=O)CN(c1ccccc1Cl)S(C)(=O)=O. The Morgan fingerprint density at radius 3 is 2.13 bits per heavy atom. The molecule has 0 spiro atoms. The second-order valence-electron chi connectivity index (χ2n) is 8.59. The van der Waals surface area contributed by atoms with Crippen LogP contribution in [0.3, 0.4) is 0 Å². The molecule has 38 heavy (non-hydrogen) atoms. The average molecular weight is 597 g/mol. The number of para-hydroxylation sites is 1. The molecule has 202 valence electrons. The Hall–Kier alpha value is -2.78. The summed E-state index contributed by atoms with van der Waals surface area (Å²) in [6.45, 7) is 1.57. The van der Waals surface area contributed by atoms with E-state index in [1.807, 2.05) is 30.3 Å². The molecule has 0 aliphatic carbocycles. The van der Waals surface area contributed by atoms with Crippen molar-refractivity contribution in [3.05, 3.63) is 99.0 Å². The Morgan fingerprint density at radius 1 is 0.868 bits per heavy atom.